The Morgan fingerprint density at radius 2 is 1.92 bits per heavy atom. The van der Waals surface area contributed by atoms with Crippen LogP contribution in [-0.4, -0.2) is 56.1 Å². The number of aromatic nitrogens is 6. The lowest BCUT2D eigenvalue weighted by Gasteiger charge is -2.03. The first-order valence-corrected chi connectivity index (χ1v) is 9.20. The number of aliphatic hydroxyl groups excluding tert-OH is 1. The molecule has 2 heterocycles. The largest absolute Gasteiger partial charge is 0.396 e. The van der Waals surface area contributed by atoms with E-state index in [1.807, 2.05) is 0 Å². The first-order chi connectivity index (χ1) is 12.1. The molecular formula is C15H16N6O3S. The molecule has 0 saturated carbocycles. The summed E-state index contributed by atoms with van der Waals surface area (Å²) in [5.41, 5.74) is 1.42. The van der Waals surface area contributed by atoms with Crippen molar-refractivity contribution in [1.82, 2.24) is 30.2 Å². The Kier molecular flexibility index (Phi) is 5.10. The van der Waals surface area contributed by atoms with Crippen LogP contribution in [0.5, 0.6) is 0 Å². The van der Waals surface area contributed by atoms with Gasteiger partial charge in [-0.3, -0.25) is 0 Å². The monoisotopic (exact) mass is 360 g/mol. The van der Waals surface area contributed by atoms with Gasteiger partial charge in [-0.2, -0.15) is 4.80 Å². The Balaban J connectivity index is 1.75. The van der Waals surface area contributed by atoms with Gasteiger partial charge in [-0.05, 0) is 42.0 Å². The molecule has 0 amide bonds. The highest BCUT2D eigenvalue weighted by atomic mass is 32.2. The molecule has 0 aliphatic heterocycles. The van der Waals surface area contributed by atoms with Gasteiger partial charge in [0, 0.05) is 18.4 Å². The maximum Gasteiger partial charge on any atom is 0.204 e. The lowest BCUT2D eigenvalue weighted by atomic mass is 10.2. The van der Waals surface area contributed by atoms with Crippen molar-refractivity contribution < 1.29 is 13.5 Å². The van der Waals surface area contributed by atoms with Crippen LogP contribution in [0.25, 0.3) is 11.4 Å². The van der Waals surface area contributed by atoms with Gasteiger partial charge in [-0.25, -0.2) is 18.4 Å². The molecule has 1 N–H and O–H groups in total. The summed E-state index contributed by atoms with van der Waals surface area (Å²) in [7, 11) is -3.39. The number of sulfone groups is 1. The molecule has 0 atom stereocenters. The van der Waals surface area contributed by atoms with Crippen LogP contribution in [0, 0.1) is 0 Å². The van der Waals surface area contributed by atoms with E-state index in [-0.39, 0.29) is 23.7 Å². The van der Waals surface area contributed by atoms with E-state index >= 15 is 0 Å². The van der Waals surface area contributed by atoms with Gasteiger partial charge in [0.15, 0.2) is 9.84 Å². The van der Waals surface area contributed by atoms with Gasteiger partial charge in [0.05, 0.1) is 16.3 Å². The highest BCUT2D eigenvalue weighted by Crippen LogP contribution is 2.18. The number of tetrazole rings is 1. The SMILES string of the molecule is O=S(=O)(CCCO)c1ccc(-c2nnn(Cc3ccncn3)n2)cc1. The molecule has 25 heavy (non-hydrogen) atoms. The fraction of sp³-hybridized carbons (Fsp3) is 0.267. The molecule has 1 aromatic carbocycles. The number of hydrogen-bond acceptors (Lipinski definition) is 8. The van der Waals surface area contributed by atoms with Gasteiger partial charge in [0.25, 0.3) is 0 Å². The summed E-state index contributed by atoms with van der Waals surface area (Å²) in [5.74, 6) is 0.310. The first kappa shape index (κ1) is 17.1. The van der Waals surface area contributed by atoms with Crippen LogP contribution in [0.3, 0.4) is 0 Å². The van der Waals surface area contributed by atoms with E-state index in [0.29, 0.717) is 17.9 Å². The predicted molar refractivity (Wildman–Crippen MR) is 88.1 cm³/mol. The topological polar surface area (TPSA) is 124 Å². The van der Waals surface area contributed by atoms with Crippen molar-refractivity contribution in [3.05, 3.63) is 48.5 Å². The van der Waals surface area contributed by atoms with E-state index in [2.05, 4.69) is 25.4 Å². The van der Waals surface area contributed by atoms with Crippen molar-refractivity contribution in [3.63, 3.8) is 0 Å². The second-order valence-electron chi connectivity index (χ2n) is 5.26. The fourth-order valence-corrected chi connectivity index (χ4v) is 3.46. The third-order valence-corrected chi connectivity index (χ3v) is 5.26. The molecule has 0 bridgehead atoms. The molecule has 0 unspecified atom stereocenters. The number of nitrogens with zero attached hydrogens (tertiary/aromatic N) is 6. The van der Waals surface area contributed by atoms with E-state index in [0.717, 1.165) is 5.69 Å². The summed E-state index contributed by atoms with van der Waals surface area (Å²) < 4.78 is 24.2. The molecule has 3 aromatic rings. The van der Waals surface area contributed by atoms with Crippen molar-refractivity contribution in [2.45, 2.75) is 17.9 Å². The predicted octanol–water partition coefficient (Wildman–Crippen LogP) is 0.334. The Hall–Kier alpha value is -2.72. The normalized spacial score (nSPS) is 11.6. The van der Waals surface area contributed by atoms with Gasteiger partial charge in [0.1, 0.15) is 12.9 Å². The third-order valence-electron chi connectivity index (χ3n) is 3.44. The van der Waals surface area contributed by atoms with Crippen LogP contribution in [0.15, 0.2) is 47.8 Å². The minimum Gasteiger partial charge on any atom is -0.396 e. The highest BCUT2D eigenvalue weighted by Gasteiger charge is 2.15. The zero-order chi connectivity index (χ0) is 17.7. The molecule has 10 heteroatoms. The van der Waals surface area contributed by atoms with Crippen molar-refractivity contribution >= 4 is 9.84 Å². The number of benzene rings is 1. The van der Waals surface area contributed by atoms with Gasteiger partial charge in [-0.1, -0.05) is 0 Å². The Morgan fingerprint density at radius 1 is 1.12 bits per heavy atom. The van der Waals surface area contributed by atoms with Gasteiger partial charge in [0.2, 0.25) is 5.82 Å². The highest BCUT2D eigenvalue weighted by molar-refractivity contribution is 7.91. The standard InChI is InChI=1S/C15H16N6O3S/c22-8-1-9-25(23,24)14-4-2-12(3-5-14)15-18-20-21(19-15)10-13-6-7-16-11-17-13/h2-7,11,22H,1,8-10H2. The second-order valence-corrected chi connectivity index (χ2v) is 7.37. The third kappa shape index (κ3) is 4.22. The zero-order valence-corrected chi connectivity index (χ0v) is 14.0. The summed E-state index contributed by atoms with van der Waals surface area (Å²) in [6.45, 7) is 0.208. The van der Waals surface area contributed by atoms with E-state index in [1.54, 1.807) is 24.4 Å². The van der Waals surface area contributed by atoms with E-state index < -0.39 is 9.84 Å². The van der Waals surface area contributed by atoms with Crippen molar-refractivity contribution in [3.8, 4) is 11.4 Å². The molecule has 9 nitrogen and oxygen atoms in total. The Morgan fingerprint density at radius 3 is 2.60 bits per heavy atom. The van der Waals surface area contributed by atoms with Crippen molar-refractivity contribution in [2.75, 3.05) is 12.4 Å². The number of hydrogen-bond donors (Lipinski definition) is 1. The summed E-state index contributed by atoms with van der Waals surface area (Å²) in [4.78, 5) is 9.55. The first-order valence-electron chi connectivity index (χ1n) is 7.55. The van der Waals surface area contributed by atoms with Crippen LogP contribution in [0.2, 0.25) is 0 Å². The molecule has 0 saturated heterocycles. The lowest BCUT2D eigenvalue weighted by molar-refractivity contribution is 0.295. The second kappa shape index (κ2) is 7.45. The maximum atomic E-state index is 12.1. The average Bonchev–Trinajstić information content (AvgIpc) is 3.09. The zero-order valence-electron chi connectivity index (χ0n) is 13.2. The summed E-state index contributed by atoms with van der Waals surface area (Å²) in [5, 5.41) is 21.0. The number of aliphatic hydroxyl groups is 1. The van der Waals surface area contributed by atoms with Crippen LogP contribution in [-0.2, 0) is 16.4 Å². The van der Waals surface area contributed by atoms with Crippen LogP contribution >= 0.6 is 0 Å². The molecule has 2 aromatic heterocycles. The molecule has 0 fully saturated rings. The smallest absolute Gasteiger partial charge is 0.204 e. The van der Waals surface area contributed by atoms with Crippen LogP contribution in [0.4, 0.5) is 0 Å². The van der Waals surface area contributed by atoms with Crippen LogP contribution < -0.4 is 0 Å². The van der Waals surface area contributed by atoms with Gasteiger partial charge < -0.3 is 5.11 Å². The minimum absolute atomic E-state index is 0.0871. The summed E-state index contributed by atoms with van der Waals surface area (Å²) in [6, 6.07) is 8.05. The minimum atomic E-state index is -3.39. The molecule has 0 radical (unpaired) electrons. The summed E-state index contributed by atoms with van der Waals surface area (Å²) in [6.07, 6.45) is 3.29. The quantitative estimate of drug-likeness (QED) is 0.639. The molecule has 0 spiro atoms. The summed E-state index contributed by atoms with van der Waals surface area (Å²) >= 11 is 0. The van der Waals surface area contributed by atoms with Gasteiger partial charge >= 0.3 is 0 Å². The van der Waals surface area contributed by atoms with Crippen LogP contribution in [0.1, 0.15) is 12.1 Å². The van der Waals surface area contributed by atoms with Gasteiger partial charge in [-0.15, -0.1) is 10.2 Å². The lowest BCUT2D eigenvalue weighted by Crippen LogP contribution is -2.08. The van der Waals surface area contributed by atoms with E-state index in [4.69, 9.17) is 5.11 Å². The molecule has 3 rings (SSSR count). The molecule has 0 aliphatic rings. The molecular weight excluding hydrogens is 344 g/mol. The van der Waals surface area contributed by atoms with Crippen molar-refractivity contribution in [1.29, 1.82) is 0 Å². The Bertz CT molecular complexity index is 925. The molecule has 0 aliphatic carbocycles. The maximum absolute atomic E-state index is 12.1. The van der Waals surface area contributed by atoms with Crippen molar-refractivity contribution in [2.24, 2.45) is 0 Å². The van der Waals surface area contributed by atoms with E-state index in [1.165, 1.54) is 23.3 Å². The van der Waals surface area contributed by atoms with E-state index in [9.17, 15) is 8.42 Å². The molecule has 130 valence electrons. The Labute approximate surface area is 144 Å². The average molecular weight is 360 g/mol. The number of rotatable bonds is 7. The fourth-order valence-electron chi connectivity index (χ4n) is 2.17.